The van der Waals surface area contributed by atoms with Gasteiger partial charge < -0.3 is 0 Å². The minimum atomic E-state index is -0.626. The minimum absolute atomic E-state index is 0.00457. The molecular weight excluding hydrogens is 400 g/mol. The zero-order valence-corrected chi connectivity index (χ0v) is 18.0. The molecule has 0 aliphatic carbocycles. The van der Waals surface area contributed by atoms with Crippen LogP contribution in [-0.2, 0) is 6.42 Å². The van der Waals surface area contributed by atoms with Crippen LogP contribution >= 0.6 is 0 Å². The molecule has 0 aliphatic heterocycles. The van der Waals surface area contributed by atoms with Crippen molar-refractivity contribution in [3.8, 4) is 29.8 Å². The first-order valence-corrected chi connectivity index (χ1v) is 10.7. The van der Waals surface area contributed by atoms with Crippen LogP contribution in [-0.4, -0.2) is 0 Å². The summed E-state index contributed by atoms with van der Waals surface area (Å²) in [6.07, 6.45) is 5.92. The second kappa shape index (κ2) is 11.5. The Morgan fingerprint density at radius 3 is 1.66 bits per heavy atom. The fourth-order valence-corrected chi connectivity index (χ4v) is 3.16. The highest BCUT2D eigenvalue weighted by molar-refractivity contribution is 5.50. The van der Waals surface area contributed by atoms with E-state index in [0.717, 1.165) is 24.1 Å². The number of unbranched alkanes of at least 4 members (excludes halogenated alkanes) is 3. The summed E-state index contributed by atoms with van der Waals surface area (Å²) >= 11 is 0. The normalized spacial score (nSPS) is 9.81. The predicted molar refractivity (Wildman–Crippen MR) is 124 cm³/mol. The quantitative estimate of drug-likeness (QED) is 0.329. The van der Waals surface area contributed by atoms with Crippen molar-refractivity contribution >= 4 is 0 Å². The van der Waals surface area contributed by atoms with Crippen molar-refractivity contribution in [2.75, 3.05) is 0 Å². The molecule has 0 N–H and O–H groups in total. The molecule has 0 aromatic heterocycles. The Hall–Kier alpha value is -3.87. The molecule has 3 rings (SSSR count). The summed E-state index contributed by atoms with van der Waals surface area (Å²) in [7, 11) is 0. The molecule has 0 amide bonds. The molecule has 0 unspecified atom stereocenters. The van der Waals surface area contributed by atoms with Gasteiger partial charge in [0.05, 0.1) is 22.8 Å². The van der Waals surface area contributed by atoms with Crippen LogP contribution in [0.15, 0.2) is 60.7 Å². The van der Waals surface area contributed by atoms with Crippen LogP contribution in [0.4, 0.5) is 8.78 Å². The molecule has 0 saturated heterocycles. The Morgan fingerprint density at radius 1 is 0.656 bits per heavy atom. The maximum Gasteiger partial charge on any atom is 0.140 e. The first-order valence-electron chi connectivity index (χ1n) is 10.7. The van der Waals surface area contributed by atoms with Crippen molar-refractivity contribution in [2.24, 2.45) is 0 Å². The van der Waals surface area contributed by atoms with Crippen molar-refractivity contribution in [3.05, 3.63) is 106 Å². The van der Waals surface area contributed by atoms with E-state index in [1.54, 1.807) is 24.3 Å². The molecule has 0 aliphatic rings. The second-order valence-corrected chi connectivity index (χ2v) is 7.51. The predicted octanol–water partition coefficient (Wildman–Crippen LogP) is 6.76. The van der Waals surface area contributed by atoms with Crippen molar-refractivity contribution in [1.29, 1.82) is 5.26 Å². The van der Waals surface area contributed by atoms with Gasteiger partial charge in [0.2, 0.25) is 0 Å². The highest BCUT2D eigenvalue weighted by Gasteiger charge is 2.07. The second-order valence-electron chi connectivity index (χ2n) is 7.51. The number of hydrogen-bond acceptors (Lipinski definition) is 1. The zero-order chi connectivity index (χ0) is 22.8. The van der Waals surface area contributed by atoms with Gasteiger partial charge in [0, 0.05) is 11.1 Å². The van der Waals surface area contributed by atoms with Gasteiger partial charge in [-0.1, -0.05) is 62.0 Å². The maximum atomic E-state index is 14.5. The molecule has 158 valence electrons. The summed E-state index contributed by atoms with van der Waals surface area (Å²) in [4.78, 5) is 0. The van der Waals surface area contributed by atoms with E-state index in [2.05, 4.69) is 30.6 Å². The number of hydrogen-bond donors (Lipinski definition) is 0. The van der Waals surface area contributed by atoms with Gasteiger partial charge in [-0.3, -0.25) is 0 Å². The molecule has 3 aromatic rings. The molecule has 1 nitrogen and oxygen atoms in total. The Bertz CT molecular complexity index is 1230. The standard InChI is InChI=1S/C29H23F2N/c1-2-3-4-5-6-22-7-9-23(10-8-22)15-17-26-19-29(31)27(20-28(26)30)18-16-24-11-13-25(21-32)14-12-24/h7-14,19-20H,2-6H2,1H3. The van der Waals surface area contributed by atoms with Crippen LogP contribution < -0.4 is 0 Å². The van der Waals surface area contributed by atoms with E-state index in [1.165, 1.54) is 31.2 Å². The summed E-state index contributed by atoms with van der Waals surface area (Å²) in [5, 5.41) is 8.82. The molecule has 3 aromatic carbocycles. The van der Waals surface area contributed by atoms with Gasteiger partial charge in [-0.25, -0.2) is 8.78 Å². The van der Waals surface area contributed by atoms with Crippen molar-refractivity contribution in [3.63, 3.8) is 0 Å². The molecule has 0 fully saturated rings. The monoisotopic (exact) mass is 423 g/mol. The smallest absolute Gasteiger partial charge is 0.140 e. The number of benzene rings is 3. The third kappa shape index (κ3) is 6.57. The lowest BCUT2D eigenvalue weighted by molar-refractivity contribution is 0.594. The lowest BCUT2D eigenvalue weighted by Crippen LogP contribution is -1.92. The van der Waals surface area contributed by atoms with E-state index < -0.39 is 11.6 Å². The zero-order valence-electron chi connectivity index (χ0n) is 18.0. The Kier molecular flexibility index (Phi) is 8.20. The molecular formula is C29H23F2N. The van der Waals surface area contributed by atoms with Gasteiger partial charge in [-0.2, -0.15) is 5.26 Å². The van der Waals surface area contributed by atoms with E-state index in [1.807, 2.05) is 30.3 Å². The van der Waals surface area contributed by atoms with Crippen LogP contribution in [0.1, 0.15) is 66.0 Å². The van der Waals surface area contributed by atoms with Crippen LogP contribution in [0, 0.1) is 46.6 Å². The number of nitrogens with zero attached hydrogens (tertiary/aromatic N) is 1. The van der Waals surface area contributed by atoms with Crippen LogP contribution in [0.3, 0.4) is 0 Å². The van der Waals surface area contributed by atoms with Crippen LogP contribution in [0.5, 0.6) is 0 Å². The SMILES string of the molecule is CCCCCCc1ccc(C#Cc2cc(F)c(C#Cc3ccc(C#N)cc3)cc2F)cc1. The average molecular weight is 424 g/mol. The van der Waals surface area contributed by atoms with Crippen LogP contribution in [0.2, 0.25) is 0 Å². The number of halogens is 2. The number of aryl methyl sites for hydroxylation is 1. The molecule has 0 spiro atoms. The first-order chi connectivity index (χ1) is 15.6. The maximum absolute atomic E-state index is 14.5. The van der Waals surface area contributed by atoms with Crippen molar-refractivity contribution < 1.29 is 8.78 Å². The number of nitriles is 1. The lowest BCUT2D eigenvalue weighted by Gasteiger charge is -2.01. The van der Waals surface area contributed by atoms with Gasteiger partial charge in [-0.05, 0) is 66.9 Å². The highest BCUT2D eigenvalue weighted by atomic mass is 19.1. The Balaban J connectivity index is 1.70. The lowest BCUT2D eigenvalue weighted by atomic mass is 10.0. The third-order valence-electron chi connectivity index (χ3n) is 5.03. The summed E-state index contributed by atoms with van der Waals surface area (Å²) in [5.74, 6) is 9.81. The average Bonchev–Trinajstić information content (AvgIpc) is 2.82. The van der Waals surface area contributed by atoms with Gasteiger partial charge in [0.25, 0.3) is 0 Å². The first kappa shape index (κ1) is 22.8. The van der Waals surface area contributed by atoms with E-state index in [4.69, 9.17) is 5.26 Å². The molecule has 0 radical (unpaired) electrons. The third-order valence-corrected chi connectivity index (χ3v) is 5.03. The van der Waals surface area contributed by atoms with E-state index in [0.29, 0.717) is 11.1 Å². The van der Waals surface area contributed by atoms with Crippen LogP contribution in [0.25, 0.3) is 0 Å². The van der Waals surface area contributed by atoms with Gasteiger partial charge >= 0.3 is 0 Å². The Morgan fingerprint density at radius 2 is 1.16 bits per heavy atom. The summed E-state index contributed by atoms with van der Waals surface area (Å²) in [5.41, 5.74) is 3.10. The molecule has 0 atom stereocenters. The summed E-state index contributed by atoms with van der Waals surface area (Å²) in [6.45, 7) is 2.20. The Labute approximate surface area is 188 Å². The fourth-order valence-electron chi connectivity index (χ4n) is 3.16. The topological polar surface area (TPSA) is 23.8 Å². The molecule has 32 heavy (non-hydrogen) atoms. The minimum Gasteiger partial charge on any atom is -0.206 e. The molecule has 3 heteroatoms. The number of rotatable bonds is 5. The highest BCUT2D eigenvalue weighted by Crippen LogP contribution is 2.15. The summed E-state index contributed by atoms with van der Waals surface area (Å²) in [6, 6.07) is 18.6. The van der Waals surface area contributed by atoms with Crippen molar-refractivity contribution in [2.45, 2.75) is 39.0 Å². The molecule has 0 bridgehead atoms. The summed E-state index contributed by atoms with van der Waals surface area (Å²) < 4.78 is 28.9. The van der Waals surface area contributed by atoms with E-state index in [9.17, 15) is 8.78 Å². The van der Waals surface area contributed by atoms with Gasteiger partial charge in [-0.15, -0.1) is 0 Å². The largest absolute Gasteiger partial charge is 0.206 e. The van der Waals surface area contributed by atoms with Crippen molar-refractivity contribution in [1.82, 2.24) is 0 Å². The van der Waals surface area contributed by atoms with E-state index in [-0.39, 0.29) is 11.1 Å². The van der Waals surface area contributed by atoms with E-state index >= 15 is 0 Å². The van der Waals surface area contributed by atoms with Gasteiger partial charge in [0.15, 0.2) is 0 Å². The fraction of sp³-hybridized carbons (Fsp3) is 0.207. The molecule has 0 heterocycles. The molecule has 0 saturated carbocycles. The van der Waals surface area contributed by atoms with Gasteiger partial charge in [0.1, 0.15) is 11.6 Å².